The fourth-order valence-electron chi connectivity index (χ4n) is 2.12. The van der Waals surface area contributed by atoms with Crippen molar-refractivity contribution in [1.29, 1.82) is 0 Å². The number of aromatic nitrogens is 3. The molecule has 27 heavy (non-hydrogen) atoms. The van der Waals surface area contributed by atoms with E-state index in [0.717, 1.165) is 0 Å². The van der Waals surface area contributed by atoms with Gasteiger partial charge in [-0.1, -0.05) is 16.8 Å². The second-order valence-electron chi connectivity index (χ2n) is 5.38. The molecule has 0 unspecified atom stereocenters. The summed E-state index contributed by atoms with van der Waals surface area (Å²) in [5.74, 6) is 0.444. The van der Waals surface area contributed by atoms with Gasteiger partial charge in [0, 0.05) is 6.07 Å². The van der Waals surface area contributed by atoms with Gasteiger partial charge in [-0.3, -0.25) is 4.79 Å². The molecule has 0 atom stereocenters. The lowest BCUT2D eigenvalue weighted by Crippen LogP contribution is -2.15. The Morgan fingerprint density at radius 1 is 1.15 bits per heavy atom. The second-order valence-corrected chi connectivity index (χ2v) is 5.78. The maximum Gasteiger partial charge on any atom is 0.337 e. The van der Waals surface area contributed by atoms with Crippen LogP contribution in [0.3, 0.4) is 0 Å². The molecule has 10 heteroatoms. The molecule has 138 valence electrons. The molecule has 3 aromatic rings. The number of benzene rings is 1. The number of aryl methyl sites for hydroxylation is 1. The summed E-state index contributed by atoms with van der Waals surface area (Å²) in [7, 11) is 1.26. The Hall–Kier alpha value is -3.46. The minimum atomic E-state index is -0.541. The van der Waals surface area contributed by atoms with E-state index in [9.17, 15) is 9.59 Å². The molecule has 0 aliphatic rings. The van der Waals surface area contributed by atoms with Gasteiger partial charge in [-0.05, 0) is 25.1 Å². The van der Waals surface area contributed by atoms with Gasteiger partial charge in [-0.15, -0.1) is 0 Å². The Kier molecular flexibility index (Phi) is 5.32. The minimum Gasteiger partial charge on any atom is -0.465 e. The number of hydrogen-bond donors (Lipinski definition) is 2. The van der Waals surface area contributed by atoms with E-state index < -0.39 is 11.9 Å². The number of carbonyl (C=O) groups excluding carboxylic acids is 2. The van der Waals surface area contributed by atoms with Crippen LogP contribution in [0, 0.1) is 6.92 Å². The van der Waals surface area contributed by atoms with E-state index in [1.54, 1.807) is 13.0 Å². The van der Waals surface area contributed by atoms with Crippen molar-refractivity contribution in [3.05, 3.63) is 58.7 Å². The number of amides is 1. The fourth-order valence-corrected chi connectivity index (χ4v) is 2.28. The van der Waals surface area contributed by atoms with Crippen molar-refractivity contribution >= 4 is 40.8 Å². The van der Waals surface area contributed by atoms with Gasteiger partial charge in [0.1, 0.15) is 17.3 Å². The topological polar surface area (TPSA) is 119 Å². The van der Waals surface area contributed by atoms with E-state index in [1.165, 1.54) is 37.7 Å². The van der Waals surface area contributed by atoms with Gasteiger partial charge in [0.05, 0.1) is 35.8 Å². The molecule has 0 radical (unpaired) electrons. The zero-order valence-corrected chi connectivity index (χ0v) is 15.1. The summed E-state index contributed by atoms with van der Waals surface area (Å²) in [5.41, 5.74) is 0.578. The number of halogens is 1. The third-order valence-corrected chi connectivity index (χ3v) is 3.73. The summed E-state index contributed by atoms with van der Waals surface area (Å²) < 4.78 is 9.59. The Labute approximate surface area is 158 Å². The van der Waals surface area contributed by atoms with Crippen molar-refractivity contribution in [2.75, 3.05) is 17.7 Å². The van der Waals surface area contributed by atoms with E-state index >= 15 is 0 Å². The third-order valence-electron chi connectivity index (χ3n) is 3.40. The first-order valence-electron chi connectivity index (χ1n) is 7.68. The largest absolute Gasteiger partial charge is 0.465 e. The van der Waals surface area contributed by atoms with Gasteiger partial charge < -0.3 is 19.9 Å². The lowest BCUT2D eigenvalue weighted by molar-refractivity contribution is 0.0600. The number of nitrogens with one attached hydrogen (secondary N) is 2. The van der Waals surface area contributed by atoms with Crippen LogP contribution in [0.4, 0.5) is 17.3 Å². The van der Waals surface area contributed by atoms with Gasteiger partial charge in [0.2, 0.25) is 0 Å². The minimum absolute atomic E-state index is 0.0661. The number of anilines is 3. The van der Waals surface area contributed by atoms with Crippen LogP contribution in [-0.4, -0.2) is 34.1 Å². The zero-order chi connectivity index (χ0) is 19.4. The van der Waals surface area contributed by atoms with E-state index in [4.69, 9.17) is 16.1 Å². The van der Waals surface area contributed by atoms with Crippen LogP contribution in [0.15, 0.2) is 41.2 Å². The molecular weight excluding hydrogens is 374 g/mol. The standard InChI is InChI=1S/C17H14ClN5O4/c1-9-5-14(23-27-9)22-15-8-19-13(7-20-15)16(24)21-12-6-10(17(25)26-2)3-4-11(12)18/h3-8H,1-2H3,(H,21,24)(H,20,22,23). The zero-order valence-electron chi connectivity index (χ0n) is 14.3. The van der Waals surface area contributed by atoms with E-state index in [0.29, 0.717) is 17.4 Å². The molecule has 2 heterocycles. The van der Waals surface area contributed by atoms with E-state index in [2.05, 4.69) is 30.5 Å². The molecule has 1 aromatic carbocycles. The molecule has 3 rings (SSSR count). The average molecular weight is 388 g/mol. The molecule has 2 N–H and O–H groups in total. The summed E-state index contributed by atoms with van der Waals surface area (Å²) in [6.07, 6.45) is 2.67. The van der Waals surface area contributed by atoms with Gasteiger partial charge in [0.25, 0.3) is 5.91 Å². The lowest BCUT2D eigenvalue weighted by atomic mass is 10.2. The summed E-state index contributed by atoms with van der Waals surface area (Å²) in [5, 5.41) is 9.53. The lowest BCUT2D eigenvalue weighted by Gasteiger charge is -2.09. The highest BCUT2D eigenvalue weighted by atomic mass is 35.5. The average Bonchev–Trinajstić information content (AvgIpc) is 3.08. The van der Waals surface area contributed by atoms with Crippen molar-refractivity contribution in [2.45, 2.75) is 6.92 Å². The van der Waals surface area contributed by atoms with Crippen molar-refractivity contribution in [3.8, 4) is 0 Å². The molecule has 0 spiro atoms. The summed E-state index contributed by atoms with van der Waals surface area (Å²) in [6, 6.07) is 6.10. The summed E-state index contributed by atoms with van der Waals surface area (Å²) >= 11 is 6.06. The highest BCUT2D eigenvalue weighted by molar-refractivity contribution is 6.34. The normalized spacial score (nSPS) is 10.3. The van der Waals surface area contributed by atoms with Crippen LogP contribution in [0.1, 0.15) is 26.6 Å². The molecule has 9 nitrogen and oxygen atoms in total. The molecular formula is C17H14ClN5O4. The molecule has 0 fully saturated rings. The smallest absolute Gasteiger partial charge is 0.337 e. The van der Waals surface area contributed by atoms with Gasteiger partial charge in [-0.2, -0.15) is 0 Å². The Morgan fingerprint density at radius 2 is 1.96 bits per heavy atom. The highest BCUT2D eigenvalue weighted by Gasteiger charge is 2.14. The molecule has 0 saturated carbocycles. The van der Waals surface area contributed by atoms with Crippen LogP contribution in [-0.2, 0) is 4.74 Å². The van der Waals surface area contributed by atoms with Crippen LogP contribution < -0.4 is 10.6 Å². The number of nitrogens with zero attached hydrogens (tertiary/aromatic N) is 3. The molecule has 0 saturated heterocycles. The Balaban J connectivity index is 1.72. The van der Waals surface area contributed by atoms with Gasteiger partial charge in [0.15, 0.2) is 5.82 Å². The molecule has 2 aromatic heterocycles. The number of rotatable bonds is 5. The fraction of sp³-hybridized carbons (Fsp3) is 0.118. The van der Waals surface area contributed by atoms with Crippen LogP contribution in [0.5, 0.6) is 0 Å². The Bertz CT molecular complexity index is 987. The van der Waals surface area contributed by atoms with Crippen molar-refractivity contribution in [2.24, 2.45) is 0 Å². The van der Waals surface area contributed by atoms with Gasteiger partial charge in [-0.25, -0.2) is 14.8 Å². The maximum atomic E-state index is 12.4. The number of ether oxygens (including phenoxy) is 1. The number of carbonyl (C=O) groups is 2. The third kappa shape index (κ3) is 4.39. The van der Waals surface area contributed by atoms with Crippen LogP contribution in [0.2, 0.25) is 5.02 Å². The number of esters is 1. The quantitative estimate of drug-likeness (QED) is 0.640. The first-order valence-corrected chi connectivity index (χ1v) is 8.05. The van der Waals surface area contributed by atoms with Crippen molar-refractivity contribution in [1.82, 2.24) is 15.1 Å². The first-order chi connectivity index (χ1) is 13.0. The molecule has 0 bridgehead atoms. The van der Waals surface area contributed by atoms with Crippen LogP contribution >= 0.6 is 11.6 Å². The van der Waals surface area contributed by atoms with Crippen LogP contribution in [0.25, 0.3) is 0 Å². The highest BCUT2D eigenvalue weighted by Crippen LogP contribution is 2.24. The summed E-state index contributed by atoms with van der Waals surface area (Å²) in [6.45, 7) is 1.76. The Morgan fingerprint density at radius 3 is 2.59 bits per heavy atom. The first kappa shape index (κ1) is 18.3. The van der Waals surface area contributed by atoms with E-state index in [-0.39, 0.29) is 22.0 Å². The molecule has 0 aliphatic heterocycles. The molecule has 0 aliphatic carbocycles. The number of methoxy groups -OCH3 is 1. The summed E-state index contributed by atoms with van der Waals surface area (Å²) in [4.78, 5) is 32.1. The number of hydrogen-bond acceptors (Lipinski definition) is 8. The van der Waals surface area contributed by atoms with Crippen molar-refractivity contribution in [3.63, 3.8) is 0 Å². The van der Waals surface area contributed by atoms with Crippen molar-refractivity contribution < 1.29 is 18.8 Å². The van der Waals surface area contributed by atoms with E-state index in [1.807, 2.05) is 0 Å². The van der Waals surface area contributed by atoms with Gasteiger partial charge >= 0.3 is 5.97 Å². The maximum absolute atomic E-state index is 12.4. The predicted molar refractivity (Wildman–Crippen MR) is 97.3 cm³/mol. The molecule has 1 amide bonds. The monoisotopic (exact) mass is 387 g/mol. The second kappa shape index (κ2) is 7.83. The SMILES string of the molecule is COC(=O)c1ccc(Cl)c(NC(=O)c2cnc(Nc3cc(C)on3)cn2)c1. The predicted octanol–water partition coefficient (Wildman–Crippen LogP) is 3.21.